The van der Waals surface area contributed by atoms with E-state index in [1.165, 1.54) is 23.1 Å². The Hall–Kier alpha value is -5.71. The maximum absolute atomic E-state index is 13.8. The Morgan fingerprint density at radius 1 is 0.852 bits per heavy atom. The van der Waals surface area contributed by atoms with Gasteiger partial charge in [0.05, 0.1) is 81.9 Å². The number of hydrogen-bond donors (Lipinski definition) is 9. The van der Waals surface area contributed by atoms with Crippen LogP contribution in [0.4, 0.5) is 4.79 Å². The summed E-state index contributed by atoms with van der Waals surface area (Å²) in [5.74, 6) is -4.88. The molecule has 2 aliphatic carbocycles. The number of unbranched alkanes of at least 4 members (excludes halogenated alkanes) is 2. The van der Waals surface area contributed by atoms with Crippen molar-refractivity contribution in [3.8, 4) is 22.5 Å². The number of allylic oxidation sites excluding steroid dienone is 1. The zero-order valence-electron chi connectivity index (χ0n) is 43.6. The van der Waals surface area contributed by atoms with Crippen LogP contribution in [0.5, 0.6) is 0 Å². The summed E-state index contributed by atoms with van der Waals surface area (Å²) < 4.78 is 144. The number of nitrogens with one attached hydrogen (secondary N) is 3. The van der Waals surface area contributed by atoms with E-state index in [9.17, 15) is 63.8 Å². The maximum atomic E-state index is 13.8. The molecule has 1 fully saturated rings. The highest BCUT2D eigenvalue weighted by atomic mass is 32.2. The first-order valence-corrected chi connectivity index (χ1v) is 31.2. The zero-order chi connectivity index (χ0) is 59.1. The number of carboxylic acid groups (broad SMARTS) is 1. The minimum Gasteiger partial charge on any atom is -0.478 e. The largest absolute Gasteiger partial charge is 0.695 e. The van der Waals surface area contributed by atoms with E-state index in [0.717, 1.165) is 18.2 Å². The van der Waals surface area contributed by atoms with Gasteiger partial charge in [-0.25, -0.2) is 18.0 Å². The Morgan fingerprint density at radius 2 is 1.51 bits per heavy atom. The van der Waals surface area contributed by atoms with E-state index in [0.29, 0.717) is 19.4 Å². The Labute approximate surface area is 466 Å². The smallest absolute Gasteiger partial charge is 0.478 e. The van der Waals surface area contributed by atoms with Crippen LogP contribution in [0.25, 0.3) is 27.4 Å². The van der Waals surface area contributed by atoms with Crippen LogP contribution >= 0.6 is 8.25 Å². The third-order valence-electron chi connectivity index (χ3n) is 12.9. The number of hydrogen-bond acceptors (Lipinski definition) is 21. The zero-order valence-corrected chi connectivity index (χ0v) is 46.9. The van der Waals surface area contributed by atoms with Crippen LogP contribution in [0.15, 0.2) is 50.7 Å². The molecular weight excluding hydrogens is 1160 g/mol. The van der Waals surface area contributed by atoms with Crippen molar-refractivity contribution in [3.05, 3.63) is 64.2 Å². The van der Waals surface area contributed by atoms with E-state index in [2.05, 4.69) is 15.6 Å². The van der Waals surface area contributed by atoms with Crippen LogP contribution in [-0.2, 0) is 74.1 Å². The number of carbonyl (C=O) groups excluding carboxylic acids is 3. The van der Waals surface area contributed by atoms with Crippen molar-refractivity contribution in [2.75, 3.05) is 90.6 Å². The molecule has 3 unspecified atom stereocenters. The SMILES string of the molecule is N=c1ccc2c(-c3ccc(C(=O)NCCOCCOCCOCCOCCC(=O)NCCCC4CN([C@@H]5OCC(O[P+](=O)O)[C@@H]5O)C(=O)N=C4N)cc3C(=O)O)c3c(oc-2c1S(=O)(=O)CCCCCS(=O)(=O)O)C(S(=O)(=O)O)=CCC3. The summed E-state index contributed by atoms with van der Waals surface area (Å²) in [6.07, 6.45) is -1.39. The molecule has 81 heavy (non-hydrogen) atoms. The van der Waals surface area contributed by atoms with Gasteiger partial charge in [-0.05, 0) is 68.4 Å². The summed E-state index contributed by atoms with van der Waals surface area (Å²) in [5.41, 5.74) is 5.52. The number of amidine groups is 1. The maximum Gasteiger partial charge on any atom is 0.695 e. The van der Waals surface area contributed by atoms with Gasteiger partial charge in [0.2, 0.25) is 5.91 Å². The van der Waals surface area contributed by atoms with Gasteiger partial charge in [0.15, 0.2) is 33.7 Å². The highest BCUT2D eigenvalue weighted by Gasteiger charge is 2.48. The lowest BCUT2D eigenvalue weighted by molar-refractivity contribution is -0.122. The quantitative estimate of drug-likeness (QED) is 0.0237. The molecule has 0 spiro atoms. The molecule has 0 aromatic heterocycles. The van der Waals surface area contributed by atoms with Crippen molar-refractivity contribution in [1.82, 2.24) is 15.5 Å². The predicted octanol–water partition coefficient (Wildman–Crippen LogP) is 1.48. The third kappa shape index (κ3) is 18.1. The number of aliphatic hydroxyl groups is 1. The van der Waals surface area contributed by atoms with Crippen molar-refractivity contribution in [2.24, 2.45) is 16.6 Å². The number of aliphatic hydroxyl groups excluding tert-OH is 1. The normalized spacial score (nSPS) is 18.8. The van der Waals surface area contributed by atoms with Crippen molar-refractivity contribution in [1.29, 1.82) is 5.41 Å². The summed E-state index contributed by atoms with van der Waals surface area (Å²) in [5, 5.41) is 34.4. The number of aromatic carboxylic acids is 1. The number of nitrogens with zero attached hydrogens (tertiary/aromatic N) is 2. The van der Waals surface area contributed by atoms with Crippen LogP contribution in [0.1, 0.15) is 77.0 Å². The van der Waals surface area contributed by atoms with Gasteiger partial charge in [-0.2, -0.15) is 21.8 Å². The average Bonchev–Trinajstić information content (AvgIpc) is 3.92. The van der Waals surface area contributed by atoms with Crippen molar-refractivity contribution in [3.63, 3.8) is 0 Å². The molecule has 29 nitrogen and oxygen atoms in total. The van der Waals surface area contributed by atoms with Gasteiger partial charge in [0.25, 0.3) is 26.1 Å². The molecule has 6 rings (SSSR count). The molecule has 1 aromatic carbocycles. The highest BCUT2D eigenvalue weighted by Crippen LogP contribution is 2.46. The number of fused-ring (bicyclic) bond motifs is 2. The molecule has 0 bridgehead atoms. The lowest BCUT2D eigenvalue weighted by Crippen LogP contribution is -2.53. The van der Waals surface area contributed by atoms with Crippen LogP contribution in [0, 0.1) is 11.3 Å². The number of nitrogens with two attached hydrogens (primary N) is 1. The van der Waals surface area contributed by atoms with Gasteiger partial charge in [-0.1, -0.05) is 18.6 Å². The second-order valence-corrected chi connectivity index (χ2v) is 24.3. The Kier molecular flexibility index (Phi) is 23.5. The van der Waals surface area contributed by atoms with Crippen molar-refractivity contribution in [2.45, 2.75) is 74.7 Å². The number of rotatable bonds is 33. The van der Waals surface area contributed by atoms with Crippen LogP contribution in [0.3, 0.4) is 0 Å². The lowest BCUT2D eigenvalue weighted by Gasteiger charge is -2.34. The first-order valence-electron chi connectivity index (χ1n) is 25.4. The van der Waals surface area contributed by atoms with Gasteiger partial charge in [0, 0.05) is 58.8 Å². The van der Waals surface area contributed by atoms with E-state index in [1.54, 1.807) is 0 Å². The Bertz CT molecular complexity index is 3230. The molecule has 33 heteroatoms. The van der Waals surface area contributed by atoms with E-state index in [4.69, 9.17) is 53.2 Å². The van der Waals surface area contributed by atoms with Gasteiger partial charge in [-0.15, -0.1) is 9.42 Å². The number of urea groups is 1. The molecule has 1 saturated heterocycles. The Morgan fingerprint density at radius 3 is 2.16 bits per heavy atom. The van der Waals surface area contributed by atoms with E-state index < -0.39 is 118 Å². The molecule has 1 aromatic rings. The van der Waals surface area contributed by atoms with Gasteiger partial charge >= 0.3 is 20.3 Å². The molecule has 0 saturated carbocycles. The number of sulfone groups is 1. The van der Waals surface area contributed by atoms with E-state index >= 15 is 0 Å². The van der Waals surface area contributed by atoms with Crippen LogP contribution < -0.4 is 21.7 Å². The molecule has 0 radical (unpaired) electrons. The van der Waals surface area contributed by atoms with Crippen molar-refractivity contribution < 1.29 is 106 Å². The topological polar surface area (TPSA) is 447 Å². The molecule has 3 aliphatic heterocycles. The second-order valence-electron chi connectivity index (χ2n) is 18.6. The standard InChI is InChI=1S/C48H63N6O23PS3/c49-35-12-11-33-39(32-7-4-8-37(81(68,69)70)41(32)76-42(33)43(35)79(63,64)24-2-1-3-25-80(65,66)67)31-10-9-29(26-34(31)47(58)59)45(57)52-15-17-72-19-21-74-23-22-73-20-18-71-16-13-38(55)51-14-5-6-30-27-54(48(60)53-44(30)50)46-40(56)36(28-75-46)77-78(61)62/h8-12,26,30,36,40,46,49,56H,1-7,13-25,27-28H2,(H7-,50,51,52,53,55,57,58,59,60,61,62,65,66,67,68,69,70)/p+1/t30?,36?,40-,46+/m0/s1. The molecule has 446 valence electrons. The fourth-order valence-corrected chi connectivity index (χ4v) is 12.4. The van der Waals surface area contributed by atoms with Crippen LogP contribution in [-0.4, -0.2) is 193 Å². The van der Waals surface area contributed by atoms with Gasteiger partial charge in [0.1, 0.15) is 21.7 Å². The number of benzene rings is 2. The number of amides is 4. The summed E-state index contributed by atoms with van der Waals surface area (Å²) in [7, 11) is -16.7. The Balaban J connectivity index is 0.887. The molecule has 4 amide bonds. The average molecular weight is 1220 g/mol. The fourth-order valence-electron chi connectivity index (χ4n) is 9.07. The summed E-state index contributed by atoms with van der Waals surface area (Å²) >= 11 is 0. The lowest BCUT2D eigenvalue weighted by atomic mass is 9.85. The fraction of sp³-hybridized carbons (Fsp3) is 0.542. The molecule has 10 N–H and O–H groups in total. The summed E-state index contributed by atoms with van der Waals surface area (Å²) in [6, 6.07) is 5.44. The van der Waals surface area contributed by atoms with Gasteiger partial charge in [-0.3, -0.25) is 29.0 Å². The van der Waals surface area contributed by atoms with E-state index in [-0.39, 0.29) is 157 Å². The van der Waals surface area contributed by atoms with E-state index in [1.807, 2.05) is 0 Å². The molecule has 5 atom stereocenters. The minimum absolute atomic E-state index is 0.0156. The first-order chi connectivity index (χ1) is 38.4. The molecule has 5 aliphatic rings. The predicted molar refractivity (Wildman–Crippen MR) is 284 cm³/mol. The number of aliphatic imine (C=N–C) groups is 1. The monoisotopic (exact) mass is 1220 g/mol. The minimum atomic E-state index is -5.00. The number of carboxylic acids is 1. The summed E-state index contributed by atoms with van der Waals surface area (Å²) in [6.45, 7) is 1.73. The molecular formula is C48H64N6O23PS3+. The summed E-state index contributed by atoms with van der Waals surface area (Å²) in [4.78, 5) is 63.6. The van der Waals surface area contributed by atoms with Crippen molar-refractivity contribution >= 4 is 72.9 Å². The van der Waals surface area contributed by atoms with Crippen LogP contribution in [0.2, 0.25) is 0 Å². The third-order valence-corrected chi connectivity index (χ3v) is 16.9. The molecule has 3 heterocycles. The first kappa shape index (κ1) is 64.5. The highest BCUT2D eigenvalue weighted by molar-refractivity contribution is 7.95. The number of carbonyl (C=O) groups is 4. The second kappa shape index (κ2) is 29.5. The number of ether oxygens (including phenoxy) is 5. The van der Waals surface area contributed by atoms with Gasteiger partial charge < -0.3 is 54.7 Å².